The van der Waals surface area contributed by atoms with E-state index in [1.807, 2.05) is 0 Å². The van der Waals surface area contributed by atoms with E-state index in [1.54, 1.807) is 6.92 Å². The number of rotatable bonds is 2. The maximum absolute atomic E-state index is 12.5. The van der Waals surface area contributed by atoms with Gasteiger partial charge in [-0.05, 0) is 19.1 Å². The molecule has 69 valence electrons. The van der Waals surface area contributed by atoms with E-state index in [0.29, 0.717) is 0 Å². The van der Waals surface area contributed by atoms with Gasteiger partial charge >= 0.3 is 5.97 Å². The highest BCUT2D eigenvalue weighted by Gasteiger charge is 2.11. The summed E-state index contributed by atoms with van der Waals surface area (Å²) in [5.41, 5.74) is 0.130. The van der Waals surface area contributed by atoms with Gasteiger partial charge in [0.2, 0.25) is 0 Å². The maximum atomic E-state index is 12.5. The molecule has 1 radical (unpaired) electrons. The summed E-state index contributed by atoms with van der Waals surface area (Å²) < 4.78 is 17.2. The molecular formula is C9H7ClFO2. The van der Waals surface area contributed by atoms with Crippen LogP contribution in [0.3, 0.4) is 0 Å². The number of carbonyl (C=O) groups is 1. The molecule has 0 aliphatic carbocycles. The highest BCUT2D eigenvalue weighted by molar-refractivity contribution is 6.33. The molecule has 0 unspecified atom stereocenters. The fourth-order valence-electron chi connectivity index (χ4n) is 0.806. The van der Waals surface area contributed by atoms with Crippen LogP contribution in [0.15, 0.2) is 12.1 Å². The zero-order valence-corrected chi connectivity index (χ0v) is 7.69. The van der Waals surface area contributed by atoms with E-state index in [4.69, 9.17) is 11.6 Å². The third-order valence-electron chi connectivity index (χ3n) is 1.36. The Labute approximate surface area is 80.3 Å². The highest BCUT2D eigenvalue weighted by atomic mass is 35.5. The summed E-state index contributed by atoms with van der Waals surface area (Å²) in [6.45, 7) is 1.94. The third kappa shape index (κ3) is 2.42. The second-order valence-electron chi connectivity index (χ2n) is 2.26. The van der Waals surface area contributed by atoms with Crippen LogP contribution in [0, 0.1) is 11.9 Å². The van der Waals surface area contributed by atoms with Crippen LogP contribution in [0.5, 0.6) is 0 Å². The lowest BCUT2D eigenvalue weighted by atomic mass is 10.2. The van der Waals surface area contributed by atoms with Crippen LogP contribution >= 0.6 is 11.6 Å². The normalized spacial score (nSPS) is 9.77. The van der Waals surface area contributed by atoms with Gasteiger partial charge in [0.05, 0.1) is 17.2 Å². The van der Waals surface area contributed by atoms with Crippen LogP contribution in [0.25, 0.3) is 0 Å². The minimum absolute atomic E-state index is 0.0368. The van der Waals surface area contributed by atoms with Crippen LogP contribution in [-0.2, 0) is 4.74 Å². The fraction of sp³-hybridized carbons (Fsp3) is 0.222. The standard InChI is InChI=1S/C9H7ClFO2/c1-2-13-9(12)7-4-3-6(11)5-8(7)10/h4-5H,2H2,1H3. The molecule has 1 rings (SSSR count). The minimum atomic E-state index is -0.599. The lowest BCUT2D eigenvalue weighted by molar-refractivity contribution is 0.0526. The Morgan fingerprint density at radius 2 is 2.46 bits per heavy atom. The molecule has 0 aliphatic rings. The largest absolute Gasteiger partial charge is 0.462 e. The summed E-state index contributed by atoms with van der Waals surface area (Å²) in [5.74, 6) is -1.17. The summed E-state index contributed by atoms with van der Waals surface area (Å²) in [5, 5.41) is 0.0368. The van der Waals surface area contributed by atoms with Crippen molar-refractivity contribution in [1.82, 2.24) is 0 Å². The van der Waals surface area contributed by atoms with Crippen LogP contribution in [0.1, 0.15) is 17.3 Å². The summed E-state index contributed by atoms with van der Waals surface area (Å²) in [6.07, 6.45) is 0. The van der Waals surface area contributed by atoms with Crippen molar-refractivity contribution in [2.45, 2.75) is 6.92 Å². The molecule has 0 bridgehead atoms. The maximum Gasteiger partial charge on any atom is 0.339 e. The number of hydrogen-bond donors (Lipinski definition) is 0. The van der Waals surface area contributed by atoms with E-state index in [2.05, 4.69) is 10.8 Å². The van der Waals surface area contributed by atoms with Crippen molar-refractivity contribution >= 4 is 17.6 Å². The quantitative estimate of drug-likeness (QED) is 0.687. The SMILES string of the molecule is CCOC(=O)c1c[c]c(F)cc1Cl. The molecule has 0 saturated heterocycles. The molecule has 1 aromatic rings. The smallest absolute Gasteiger partial charge is 0.339 e. The van der Waals surface area contributed by atoms with Crippen molar-refractivity contribution in [2.75, 3.05) is 6.61 Å². The third-order valence-corrected chi connectivity index (χ3v) is 1.67. The van der Waals surface area contributed by atoms with Crippen LogP contribution in [0.4, 0.5) is 4.39 Å². The monoisotopic (exact) mass is 201 g/mol. The average molecular weight is 202 g/mol. The first-order valence-electron chi connectivity index (χ1n) is 3.69. The lowest BCUT2D eigenvalue weighted by Gasteiger charge is -2.02. The van der Waals surface area contributed by atoms with Crippen molar-refractivity contribution < 1.29 is 13.9 Å². The fourth-order valence-corrected chi connectivity index (χ4v) is 1.03. The summed E-state index contributed by atoms with van der Waals surface area (Å²) in [6, 6.07) is 4.43. The Hall–Kier alpha value is -1.09. The molecule has 13 heavy (non-hydrogen) atoms. The molecule has 0 aliphatic heterocycles. The first-order chi connectivity index (χ1) is 6.15. The molecule has 2 nitrogen and oxygen atoms in total. The molecule has 0 spiro atoms. The van der Waals surface area contributed by atoms with Gasteiger partial charge in [-0.25, -0.2) is 9.18 Å². The van der Waals surface area contributed by atoms with Gasteiger partial charge in [-0.2, -0.15) is 0 Å². The van der Waals surface area contributed by atoms with Crippen molar-refractivity contribution in [3.8, 4) is 0 Å². The van der Waals surface area contributed by atoms with Gasteiger partial charge in [-0.3, -0.25) is 0 Å². The van der Waals surface area contributed by atoms with Crippen LogP contribution in [0.2, 0.25) is 5.02 Å². The van der Waals surface area contributed by atoms with Gasteiger partial charge in [0.25, 0.3) is 0 Å². The zero-order valence-electron chi connectivity index (χ0n) is 6.93. The van der Waals surface area contributed by atoms with Gasteiger partial charge in [0.1, 0.15) is 5.82 Å². The van der Waals surface area contributed by atoms with Crippen molar-refractivity contribution in [2.24, 2.45) is 0 Å². The van der Waals surface area contributed by atoms with Gasteiger partial charge in [-0.15, -0.1) is 0 Å². The molecular weight excluding hydrogens is 195 g/mol. The molecule has 0 heterocycles. The first-order valence-corrected chi connectivity index (χ1v) is 4.06. The van der Waals surface area contributed by atoms with Crippen molar-refractivity contribution in [3.63, 3.8) is 0 Å². The van der Waals surface area contributed by atoms with Gasteiger partial charge in [0.15, 0.2) is 0 Å². The molecule has 0 fully saturated rings. The lowest BCUT2D eigenvalue weighted by Crippen LogP contribution is -2.05. The van der Waals surface area contributed by atoms with E-state index < -0.39 is 11.8 Å². The second kappa shape index (κ2) is 4.23. The molecule has 0 saturated carbocycles. The Balaban J connectivity index is 2.95. The Morgan fingerprint density at radius 3 is 3.00 bits per heavy atom. The predicted molar refractivity (Wildman–Crippen MR) is 46.2 cm³/mol. The Kier molecular flexibility index (Phi) is 3.25. The summed E-state index contributed by atoms with van der Waals surface area (Å²) in [7, 11) is 0. The predicted octanol–water partition coefficient (Wildman–Crippen LogP) is 2.46. The van der Waals surface area contributed by atoms with Crippen LogP contribution < -0.4 is 0 Å². The highest BCUT2D eigenvalue weighted by Crippen LogP contribution is 2.17. The topological polar surface area (TPSA) is 26.3 Å². The van der Waals surface area contributed by atoms with E-state index in [1.165, 1.54) is 6.07 Å². The number of carbonyl (C=O) groups excluding carboxylic acids is 1. The summed E-state index contributed by atoms with van der Waals surface area (Å²) in [4.78, 5) is 11.1. The van der Waals surface area contributed by atoms with Crippen molar-refractivity contribution in [1.29, 1.82) is 0 Å². The Morgan fingerprint density at radius 1 is 1.77 bits per heavy atom. The van der Waals surface area contributed by atoms with Gasteiger partial charge < -0.3 is 4.74 Å². The summed E-state index contributed by atoms with van der Waals surface area (Å²) >= 11 is 5.60. The van der Waals surface area contributed by atoms with E-state index in [-0.39, 0.29) is 17.2 Å². The average Bonchev–Trinajstić information content (AvgIpc) is 2.04. The van der Waals surface area contributed by atoms with E-state index >= 15 is 0 Å². The van der Waals surface area contributed by atoms with Gasteiger partial charge in [0, 0.05) is 6.07 Å². The number of halogens is 2. The number of benzene rings is 1. The van der Waals surface area contributed by atoms with Gasteiger partial charge in [-0.1, -0.05) is 11.6 Å². The van der Waals surface area contributed by atoms with E-state index in [9.17, 15) is 9.18 Å². The zero-order chi connectivity index (χ0) is 9.84. The molecule has 0 atom stereocenters. The molecule has 0 aromatic heterocycles. The second-order valence-corrected chi connectivity index (χ2v) is 2.67. The van der Waals surface area contributed by atoms with E-state index in [0.717, 1.165) is 6.07 Å². The molecule has 0 amide bonds. The molecule has 1 aromatic carbocycles. The Bertz CT molecular complexity index is 325. The molecule has 0 N–H and O–H groups in total. The number of esters is 1. The van der Waals surface area contributed by atoms with Crippen LogP contribution in [-0.4, -0.2) is 12.6 Å². The number of ether oxygens (including phenoxy) is 1. The minimum Gasteiger partial charge on any atom is -0.462 e. The number of hydrogen-bond acceptors (Lipinski definition) is 2. The molecule has 4 heteroatoms. The first kappa shape index (κ1) is 9.99. The van der Waals surface area contributed by atoms with Crippen molar-refractivity contribution in [3.05, 3.63) is 34.6 Å².